The smallest absolute Gasteiger partial charge is 0.274 e. The highest BCUT2D eigenvalue weighted by Gasteiger charge is 2.24. The second-order valence-corrected chi connectivity index (χ2v) is 7.25. The van der Waals surface area contributed by atoms with Crippen LogP contribution in [0.25, 0.3) is 0 Å². The summed E-state index contributed by atoms with van der Waals surface area (Å²) in [7, 11) is 0. The number of amides is 1. The van der Waals surface area contributed by atoms with Crippen molar-refractivity contribution in [2.45, 2.75) is 13.3 Å². The molecule has 1 amide bonds. The molecule has 0 atom stereocenters. The van der Waals surface area contributed by atoms with Crippen LogP contribution in [0, 0.1) is 17.5 Å². The van der Waals surface area contributed by atoms with E-state index in [2.05, 4.69) is 10.00 Å². The summed E-state index contributed by atoms with van der Waals surface area (Å²) in [5.74, 6) is -2.04. The topological polar surface area (TPSA) is 50.6 Å². The summed E-state index contributed by atoms with van der Waals surface area (Å²) >= 11 is 0. The fourth-order valence-electron chi connectivity index (χ4n) is 3.41. The molecular formula is C22H21F3N4O2. The highest BCUT2D eigenvalue weighted by molar-refractivity contribution is 5.92. The number of hydrogen-bond donors (Lipinski definition) is 0. The van der Waals surface area contributed by atoms with Crippen molar-refractivity contribution in [2.24, 2.45) is 0 Å². The third-order valence-electron chi connectivity index (χ3n) is 5.12. The summed E-state index contributed by atoms with van der Waals surface area (Å²) in [5.41, 5.74) is 0.893. The van der Waals surface area contributed by atoms with E-state index in [9.17, 15) is 18.0 Å². The number of rotatable bonds is 6. The predicted octanol–water partition coefficient (Wildman–Crippen LogP) is 3.29. The molecule has 1 aliphatic heterocycles. The zero-order valence-electron chi connectivity index (χ0n) is 16.7. The SMILES string of the molecule is O=C(c1ccn(COc2ccc(F)cc2F)n1)N1CCN(Cc2ccccc2F)CC1. The summed E-state index contributed by atoms with van der Waals surface area (Å²) < 4.78 is 47.1. The highest BCUT2D eigenvalue weighted by Crippen LogP contribution is 2.18. The van der Waals surface area contributed by atoms with Crippen molar-refractivity contribution < 1.29 is 22.7 Å². The lowest BCUT2D eigenvalue weighted by Gasteiger charge is -2.34. The molecule has 0 unspecified atom stereocenters. The molecule has 6 nitrogen and oxygen atoms in total. The minimum atomic E-state index is -0.809. The average Bonchev–Trinajstić information content (AvgIpc) is 3.24. The van der Waals surface area contributed by atoms with Crippen molar-refractivity contribution in [1.82, 2.24) is 19.6 Å². The largest absolute Gasteiger partial charge is 0.468 e. The lowest BCUT2D eigenvalue weighted by Crippen LogP contribution is -2.48. The van der Waals surface area contributed by atoms with Crippen LogP contribution in [0.2, 0.25) is 0 Å². The molecular weight excluding hydrogens is 409 g/mol. The molecule has 162 valence electrons. The first-order chi connectivity index (χ1) is 15.0. The fourth-order valence-corrected chi connectivity index (χ4v) is 3.41. The number of halogens is 3. The van der Waals surface area contributed by atoms with Crippen LogP contribution in [-0.2, 0) is 13.3 Å². The third-order valence-corrected chi connectivity index (χ3v) is 5.12. The van der Waals surface area contributed by atoms with Crippen LogP contribution < -0.4 is 4.74 Å². The number of ether oxygens (including phenoxy) is 1. The first-order valence-electron chi connectivity index (χ1n) is 9.86. The molecule has 0 bridgehead atoms. The van der Waals surface area contributed by atoms with Crippen molar-refractivity contribution in [3.05, 3.63) is 83.4 Å². The van der Waals surface area contributed by atoms with E-state index < -0.39 is 11.6 Å². The zero-order valence-corrected chi connectivity index (χ0v) is 16.7. The number of hydrogen-bond acceptors (Lipinski definition) is 4. The van der Waals surface area contributed by atoms with Crippen molar-refractivity contribution in [2.75, 3.05) is 26.2 Å². The van der Waals surface area contributed by atoms with Crippen LogP contribution in [0.15, 0.2) is 54.7 Å². The summed E-state index contributed by atoms with van der Waals surface area (Å²) in [6.45, 7) is 2.67. The molecule has 9 heteroatoms. The Labute approximate surface area is 177 Å². The molecule has 3 aromatic rings. The van der Waals surface area contributed by atoms with Crippen LogP contribution in [0.3, 0.4) is 0 Å². The van der Waals surface area contributed by atoms with E-state index in [-0.39, 0.29) is 29.9 Å². The van der Waals surface area contributed by atoms with E-state index in [0.29, 0.717) is 38.3 Å². The molecule has 4 rings (SSSR count). The zero-order chi connectivity index (χ0) is 21.8. The van der Waals surface area contributed by atoms with Gasteiger partial charge in [0.25, 0.3) is 5.91 Å². The van der Waals surface area contributed by atoms with Gasteiger partial charge in [-0.25, -0.2) is 17.9 Å². The average molecular weight is 430 g/mol. The van der Waals surface area contributed by atoms with Crippen LogP contribution in [0.1, 0.15) is 16.1 Å². The molecule has 1 aliphatic rings. The van der Waals surface area contributed by atoms with Crippen molar-refractivity contribution in [3.8, 4) is 5.75 Å². The first-order valence-corrected chi connectivity index (χ1v) is 9.86. The van der Waals surface area contributed by atoms with Gasteiger partial charge in [0, 0.05) is 50.6 Å². The molecule has 1 aromatic heterocycles. The van der Waals surface area contributed by atoms with Crippen LogP contribution >= 0.6 is 0 Å². The van der Waals surface area contributed by atoms with Gasteiger partial charge in [-0.2, -0.15) is 5.10 Å². The maximum absolute atomic E-state index is 13.8. The Balaban J connectivity index is 1.29. The van der Waals surface area contributed by atoms with Crippen molar-refractivity contribution in [1.29, 1.82) is 0 Å². The summed E-state index contributed by atoms with van der Waals surface area (Å²) in [6, 6.07) is 11.3. The molecule has 0 aliphatic carbocycles. The molecule has 2 aromatic carbocycles. The molecule has 0 saturated carbocycles. The Bertz CT molecular complexity index is 1060. The van der Waals surface area contributed by atoms with Gasteiger partial charge in [-0.15, -0.1) is 0 Å². The number of carbonyl (C=O) groups is 1. The first kappa shape index (κ1) is 20.9. The lowest BCUT2D eigenvalue weighted by atomic mass is 10.2. The number of piperazine rings is 1. The Morgan fingerprint density at radius 3 is 2.48 bits per heavy atom. The number of carbonyl (C=O) groups excluding carboxylic acids is 1. The summed E-state index contributed by atoms with van der Waals surface area (Å²) in [4.78, 5) is 16.5. The van der Waals surface area contributed by atoms with E-state index in [1.165, 1.54) is 16.8 Å². The molecule has 2 heterocycles. The standard InChI is InChI=1S/C22H21F3N4O2/c23-17-5-6-21(19(25)13-17)31-15-29-8-7-20(26-29)22(30)28-11-9-27(10-12-28)14-16-3-1-2-4-18(16)24/h1-8,13H,9-12,14-15H2. The maximum Gasteiger partial charge on any atom is 0.274 e. The van der Waals surface area contributed by atoms with Crippen molar-refractivity contribution >= 4 is 5.91 Å². The minimum Gasteiger partial charge on any atom is -0.468 e. The van der Waals surface area contributed by atoms with Crippen molar-refractivity contribution in [3.63, 3.8) is 0 Å². The number of nitrogens with zero attached hydrogens (tertiary/aromatic N) is 4. The van der Waals surface area contributed by atoms with Crippen LogP contribution in [-0.4, -0.2) is 51.7 Å². The van der Waals surface area contributed by atoms with Gasteiger partial charge in [-0.05, 0) is 24.3 Å². The normalized spacial score (nSPS) is 14.6. The second kappa shape index (κ2) is 9.22. The van der Waals surface area contributed by atoms with Gasteiger partial charge in [-0.3, -0.25) is 9.69 Å². The third kappa shape index (κ3) is 5.05. The van der Waals surface area contributed by atoms with E-state index in [1.54, 1.807) is 29.3 Å². The fraction of sp³-hybridized carbons (Fsp3) is 0.273. The van der Waals surface area contributed by atoms with E-state index >= 15 is 0 Å². The molecule has 31 heavy (non-hydrogen) atoms. The summed E-state index contributed by atoms with van der Waals surface area (Å²) in [6.07, 6.45) is 1.56. The second-order valence-electron chi connectivity index (χ2n) is 7.25. The minimum absolute atomic E-state index is 0.101. The van der Waals surface area contributed by atoms with E-state index in [4.69, 9.17) is 4.74 Å². The highest BCUT2D eigenvalue weighted by atomic mass is 19.1. The molecule has 0 radical (unpaired) electrons. The van der Waals surface area contributed by atoms with Crippen LogP contribution in [0.5, 0.6) is 5.75 Å². The van der Waals surface area contributed by atoms with E-state index in [1.807, 2.05) is 6.07 Å². The summed E-state index contributed by atoms with van der Waals surface area (Å²) in [5, 5.41) is 4.19. The Morgan fingerprint density at radius 1 is 0.968 bits per heavy atom. The number of benzene rings is 2. The number of aromatic nitrogens is 2. The van der Waals surface area contributed by atoms with Gasteiger partial charge in [-0.1, -0.05) is 18.2 Å². The van der Waals surface area contributed by atoms with Gasteiger partial charge < -0.3 is 9.64 Å². The van der Waals surface area contributed by atoms with Gasteiger partial charge in [0.1, 0.15) is 11.6 Å². The Morgan fingerprint density at radius 2 is 1.74 bits per heavy atom. The Kier molecular flexibility index (Phi) is 6.22. The molecule has 0 spiro atoms. The lowest BCUT2D eigenvalue weighted by molar-refractivity contribution is 0.0619. The van der Waals surface area contributed by atoms with Gasteiger partial charge in [0.2, 0.25) is 0 Å². The van der Waals surface area contributed by atoms with E-state index in [0.717, 1.165) is 12.1 Å². The molecule has 1 saturated heterocycles. The molecule has 1 fully saturated rings. The quantitative estimate of drug-likeness (QED) is 0.602. The van der Waals surface area contributed by atoms with Gasteiger partial charge in [0.05, 0.1) is 0 Å². The maximum atomic E-state index is 13.8. The Hall–Kier alpha value is -3.33. The van der Waals surface area contributed by atoms with Gasteiger partial charge >= 0.3 is 0 Å². The monoisotopic (exact) mass is 430 g/mol. The van der Waals surface area contributed by atoms with Gasteiger partial charge in [0.15, 0.2) is 24.0 Å². The van der Waals surface area contributed by atoms with Crippen LogP contribution in [0.4, 0.5) is 13.2 Å². The predicted molar refractivity (Wildman–Crippen MR) is 107 cm³/mol. The molecule has 0 N–H and O–H groups in total.